The minimum Gasteiger partial charge on any atom is -0.481 e. The van der Waals surface area contributed by atoms with Crippen LogP contribution in [0.4, 0.5) is 5.82 Å². The maximum absolute atomic E-state index is 13.3. The van der Waals surface area contributed by atoms with Crippen LogP contribution in [0, 0.1) is 0 Å². The molecule has 0 saturated carbocycles. The molecule has 4 heterocycles. The van der Waals surface area contributed by atoms with Crippen molar-refractivity contribution in [3.05, 3.63) is 71.4 Å². The van der Waals surface area contributed by atoms with Crippen molar-refractivity contribution in [2.24, 2.45) is 0 Å². The first-order valence-corrected chi connectivity index (χ1v) is 12.4. The van der Waals surface area contributed by atoms with Gasteiger partial charge in [0.2, 0.25) is 11.8 Å². The predicted octanol–water partition coefficient (Wildman–Crippen LogP) is 4.13. The Morgan fingerprint density at radius 1 is 1.17 bits per heavy atom. The van der Waals surface area contributed by atoms with Gasteiger partial charge in [0.25, 0.3) is 0 Å². The predicted molar refractivity (Wildman–Crippen MR) is 136 cm³/mol. The summed E-state index contributed by atoms with van der Waals surface area (Å²) in [6.45, 7) is 3.54. The summed E-state index contributed by atoms with van der Waals surface area (Å²) in [5.74, 6) is 0.849. The summed E-state index contributed by atoms with van der Waals surface area (Å²) in [4.78, 5) is 36.3. The normalized spacial score (nSPS) is 17.4. The number of methoxy groups -OCH3 is 1. The van der Waals surface area contributed by atoms with E-state index in [1.807, 2.05) is 30.3 Å². The Morgan fingerprint density at radius 2 is 2.00 bits per heavy atom. The second kappa shape index (κ2) is 10.4. The third kappa shape index (κ3) is 4.76. The van der Waals surface area contributed by atoms with Gasteiger partial charge < -0.3 is 19.7 Å². The van der Waals surface area contributed by atoms with Crippen LogP contribution in [-0.4, -0.2) is 53.6 Å². The zero-order chi connectivity index (χ0) is 25.1. The van der Waals surface area contributed by atoms with Crippen molar-refractivity contribution in [3.8, 4) is 17.1 Å². The molecule has 1 unspecified atom stereocenters. The molecule has 2 aliphatic heterocycles. The second-order valence-corrected chi connectivity index (χ2v) is 9.06. The summed E-state index contributed by atoms with van der Waals surface area (Å²) in [6, 6.07) is 15.4. The molecule has 1 fully saturated rings. The quantitative estimate of drug-likeness (QED) is 0.378. The fourth-order valence-corrected chi connectivity index (χ4v) is 4.85. The highest BCUT2D eigenvalue weighted by atomic mass is 16.5. The summed E-state index contributed by atoms with van der Waals surface area (Å²) in [7, 11) is 1.55. The smallest absolute Gasteiger partial charge is 0.308 e. The molecule has 8 nitrogen and oxygen atoms in total. The first-order valence-electron chi connectivity index (χ1n) is 12.4. The number of carbonyl (C=O) groups excluding carboxylic acids is 2. The highest BCUT2D eigenvalue weighted by Crippen LogP contribution is 2.38. The maximum atomic E-state index is 13.3. The summed E-state index contributed by atoms with van der Waals surface area (Å²) in [6.07, 6.45) is 3.92. The summed E-state index contributed by atoms with van der Waals surface area (Å²) in [5, 5.41) is 3.38. The summed E-state index contributed by atoms with van der Waals surface area (Å²) >= 11 is 0. The first kappa shape index (κ1) is 23.8. The van der Waals surface area contributed by atoms with E-state index >= 15 is 0 Å². The molecule has 1 amide bonds. The van der Waals surface area contributed by atoms with E-state index < -0.39 is 6.04 Å². The number of hydrogen-bond donors (Lipinski definition) is 1. The van der Waals surface area contributed by atoms with Gasteiger partial charge in [0, 0.05) is 30.9 Å². The summed E-state index contributed by atoms with van der Waals surface area (Å²) < 4.78 is 10.3. The SMILES string of the molecule is CCOC(=O)C[C@@H](c1ccc(OC)nc1)N1CC(c2ccc(-c3ccc4c(n3)NCCC4)cc2)C1=O. The van der Waals surface area contributed by atoms with Gasteiger partial charge in [-0.2, -0.15) is 0 Å². The number of anilines is 1. The number of β-lactam (4-membered cyclic amide) rings is 1. The molecule has 2 aliphatic rings. The van der Waals surface area contributed by atoms with Crippen LogP contribution in [0.1, 0.15) is 48.4 Å². The van der Waals surface area contributed by atoms with Crippen LogP contribution < -0.4 is 10.1 Å². The number of aryl methyl sites for hydroxylation is 1. The van der Waals surface area contributed by atoms with Crippen LogP contribution in [0.3, 0.4) is 0 Å². The molecule has 1 saturated heterocycles. The Balaban J connectivity index is 1.31. The minimum absolute atomic E-state index is 0.0102. The number of rotatable bonds is 8. The third-order valence-corrected chi connectivity index (χ3v) is 6.86. The van der Waals surface area contributed by atoms with Crippen molar-refractivity contribution in [3.63, 3.8) is 0 Å². The van der Waals surface area contributed by atoms with E-state index in [1.165, 1.54) is 5.56 Å². The molecule has 0 bridgehead atoms. The molecule has 1 aromatic carbocycles. The van der Waals surface area contributed by atoms with Gasteiger partial charge >= 0.3 is 5.97 Å². The number of nitrogens with one attached hydrogen (secondary N) is 1. The third-order valence-electron chi connectivity index (χ3n) is 6.86. The summed E-state index contributed by atoms with van der Waals surface area (Å²) in [5.41, 5.74) is 4.92. The number of fused-ring (bicyclic) bond motifs is 1. The fraction of sp³-hybridized carbons (Fsp3) is 0.357. The van der Waals surface area contributed by atoms with Gasteiger partial charge in [-0.3, -0.25) is 9.59 Å². The van der Waals surface area contributed by atoms with Crippen LogP contribution in [0.2, 0.25) is 0 Å². The van der Waals surface area contributed by atoms with Gasteiger partial charge in [0.15, 0.2) is 0 Å². The van der Waals surface area contributed by atoms with Crippen LogP contribution in [0.15, 0.2) is 54.7 Å². The first-order chi connectivity index (χ1) is 17.6. The topological polar surface area (TPSA) is 93.7 Å². The average Bonchev–Trinajstić information content (AvgIpc) is 2.92. The number of hydrogen-bond acceptors (Lipinski definition) is 7. The molecule has 0 aliphatic carbocycles. The van der Waals surface area contributed by atoms with Gasteiger partial charge in [0.1, 0.15) is 5.82 Å². The molecule has 0 spiro atoms. The Bertz CT molecular complexity index is 1240. The molecular formula is C28H30N4O4. The number of amides is 1. The molecule has 3 aromatic rings. The van der Waals surface area contributed by atoms with Gasteiger partial charge in [-0.1, -0.05) is 36.4 Å². The van der Waals surface area contributed by atoms with E-state index in [9.17, 15) is 9.59 Å². The van der Waals surface area contributed by atoms with Gasteiger partial charge in [-0.25, -0.2) is 9.97 Å². The number of aromatic nitrogens is 2. The molecule has 5 rings (SSSR count). The zero-order valence-electron chi connectivity index (χ0n) is 20.6. The van der Waals surface area contributed by atoms with Crippen molar-refractivity contribution in [2.75, 3.05) is 32.1 Å². The molecule has 2 atom stereocenters. The average molecular weight is 487 g/mol. The molecule has 36 heavy (non-hydrogen) atoms. The Morgan fingerprint density at radius 3 is 2.69 bits per heavy atom. The number of likely N-dealkylation sites (tertiary alicyclic amines) is 1. The maximum Gasteiger partial charge on any atom is 0.308 e. The lowest BCUT2D eigenvalue weighted by atomic mass is 9.86. The Kier molecular flexibility index (Phi) is 6.84. The van der Waals surface area contributed by atoms with E-state index in [1.54, 1.807) is 31.2 Å². The van der Waals surface area contributed by atoms with E-state index in [2.05, 4.69) is 22.4 Å². The van der Waals surface area contributed by atoms with E-state index in [0.717, 1.165) is 47.6 Å². The van der Waals surface area contributed by atoms with Crippen LogP contribution in [0.5, 0.6) is 5.88 Å². The number of benzene rings is 1. The highest BCUT2D eigenvalue weighted by molar-refractivity contribution is 5.90. The van der Waals surface area contributed by atoms with Crippen molar-refractivity contribution >= 4 is 17.7 Å². The number of carbonyl (C=O) groups is 2. The largest absolute Gasteiger partial charge is 0.481 e. The number of ether oxygens (including phenoxy) is 2. The van der Waals surface area contributed by atoms with E-state index in [4.69, 9.17) is 14.5 Å². The highest BCUT2D eigenvalue weighted by Gasteiger charge is 2.43. The van der Waals surface area contributed by atoms with E-state index in [-0.39, 0.29) is 24.2 Å². The van der Waals surface area contributed by atoms with Crippen molar-refractivity contribution in [1.82, 2.24) is 14.9 Å². The minimum atomic E-state index is -0.433. The lowest BCUT2D eigenvalue weighted by Crippen LogP contribution is -2.52. The standard InChI is InChI=1S/C28H30N4O4/c1-3-36-26(33)15-24(21-11-13-25(35-2)30-16-21)32-17-22(28(32)34)18-6-8-19(9-7-18)23-12-10-20-5-4-14-29-27(20)31-23/h6-13,16,22,24H,3-5,14-15,17H2,1-2H3,(H,29,31)/t22?,24-/m0/s1. The van der Waals surface area contributed by atoms with Gasteiger partial charge in [0.05, 0.1) is 37.8 Å². The molecule has 0 radical (unpaired) electrons. The van der Waals surface area contributed by atoms with Crippen molar-refractivity contribution < 1.29 is 19.1 Å². The number of nitrogens with zero attached hydrogens (tertiary/aromatic N) is 3. The van der Waals surface area contributed by atoms with Crippen LogP contribution in [-0.2, 0) is 20.7 Å². The number of pyridine rings is 2. The Hall–Kier alpha value is -3.94. The fourth-order valence-electron chi connectivity index (χ4n) is 4.85. The van der Waals surface area contributed by atoms with Gasteiger partial charge in [-0.05, 0) is 42.5 Å². The molecule has 2 aromatic heterocycles. The zero-order valence-corrected chi connectivity index (χ0v) is 20.6. The number of esters is 1. The van der Waals surface area contributed by atoms with Crippen LogP contribution >= 0.6 is 0 Å². The lowest BCUT2D eigenvalue weighted by Gasteiger charge is -2.43. The molecule has 1 N–H and O–H groups in total. The molecule has 8 heteroatoms. The van der Waals surface area contributed by atoms with Crippen molar-refractivity contribution in [1.29, 1.82) is 0 Å². The van der Waals surface area contributed by atoms with Crippen molar-refractivity contribution in [2.45, 2.75) is 38.1 Å². The molecular weight excluding hydrogens is 456 g/mol. The van der Waals surface area contributed by atoms with Gasteiger partial charge in [-0.15, -0.1) is 0 Å². The monoisotopic (exact) mass is 486 g/mol. The lowest BCUT2D eigenvalue weighted by molar-refractivity contribution is -0.151. The second-order valence-electron chi connectivity index (χ2n) is 9.06. The van der Waals surface area contributed by atoms with Crippen LogP contribution in [0.25, 0.3) is 11.3 Å². The Labute approximate surface area is 210 Å². The molecule has 186 valence electrons. The van der Waals surface area contributed by atoms with E-state index in [0.29, 0.717) is 19.0 Å².